The van der Waals surface area contributed by atoms with Crippen molar-refractivity contribution >= 4 is 17.5 Å². The van der Waals surface area contributed by atoms with Gasteiger partial charge in [-0.15, -0.1) is 11.8 Å². The summed E-state index contributed by atoms with van der Waals surface area (Å²) >= 11 is 1.19. The molecule has 0 radical (unpaired) electrons. The van der Waals surface area contributed by atoms with Gasteiger partial charge in [-0.25, -0.2) is 0 Å². The number of phenols is 1. The first-order valence-electron chi connectivity index (χ1n) is 5.00. The minimum atomic E-state index is -0.706. The fourth-order valence-corrected chi connectivity index (χ4v) is 1.76. The molecule has 0 amide bonds. The number of carbonyl (C=O) groups excluding carboxylic acids is 1. The number of ketones is 1. The van der Waals surface area contributed by atoms with Gasteiger partial charge in [0.25, 0.3) is 0 Å². The molecule has 0 aliphatic rings. The molecule has 0 fully saturated rings. The van der Waals surface area contributed by atoms with Crippen LogP contribution >= 0.6 is 11.8 Å². The number of rotatable bonds is 5. The summed E-state index contributed by atoms with van der Waals surface area (Å²) < 4.78 is 5.39. The number of ether oxygens (including phenoxy) is 1. The minimum absolute atomic E-state index is 0.135. The van der Waals surface area contributed by atoms with Crippen molar-refractivity contribution in [2.45, 2.75) is 18.3 Å². The highest BCUT2D eigenvalue weighted by Crippen LogP contribution is 2.19. The van der Waals surface area contributed by atoms with Crippen LogP contribution in [0.1, 0.15) is 6.92 Å². The van der Waals surface area contributed by atoms with Gasteiger partial charge in [0.1, 0.15) is 11.5 Å². The van der Waals surface area contributed by atoms with E-state index in [1.807, 2.05) is 6.07 Å². The Kier molecular flexibility index (Phi) is 4.85. The maximum absolute atomic E-state index is 11.8. The largest absolute Gasteiger partial charge is 0.508 e. The molecule has 1 aromatic carbocycles. The van der Waals surface area contributed by atoms with Crippen LogP contribution in [-0.2, 0) is 4.79 Å². The average Bonchev–Trinajstić information content (AvgIpc) is 2.33. The van der Waals surface area contributed by atoms with Crippen LogP contribution in [0.3, 0.4) is 0 Å². The normalized spacial score (nSPS) is 13.5. The summed E-state index contributed by atoms with van der Waals surface area (Å²) in [7, 11) is 0. The molecule has 0 aliphatic heterocycles. The molecule has 2 atom stereocenters. The molecule has 17 heavy (non-hydrogen) atoms. The lowest BCUT2D eigenvalue weighted by Crippen LogP contribution is -2.31. The zero-order chi connectivity index (χ0) is 12.8. The van der Waals surface area contributed by atoms with Gasteiger partial charge in [0.2, 0.25) is 0 Å². The third-order valence-corrected chi connectivity index (χ3v) is 2.97. The number of hydrogen-bond donors (Lipinski definition) is 1. The molecule has 0 heterocycles. The first-order chi connectivity index (χ1) is 8.08. The highest BCUT2D eigenvalue weighted by atomic mass is 32.2. The molecule has 90 valence electrons. The Morgan fingerprint density at radius 2 is 2.06 bits per heavy atom. The standard InChI is InChI=1S/C12H13NO3S/c1-8(12(15)11(7-13)17-2)16-10-5-3-9(14)4-6-10/h3-6,8,11,14H,1-2H3. The fraction of sp³-hybridized carbons (Fsp3) is 0.333. The van der Waals surface area contributed by atoms with Gasteiger partial charge in [-0.3, -0.25) is 4.79 Å². The Balaban J connectivity index is 2.66. The van der Waals surface area contributed by atoms with Crippen LogP contribution in [0.4, 0.5) is 0 Å². The van der Waals surface area contributed by atoms with E-state index in [2.05, 4.69) is 0 Å². The highest BCUT2D eigenvalue weighted by molar-refractivity contribution is 8.00. The monoisotopic (exact) mass is 251 g/mol. The SMILES string of the molecule is CSC(C#N)C(=O)C(C)Oc1ccc(O)cc1. The number of nitrogens with zero attached hydrogens (tertiary/aromatic N) is 1. The van der Waals surface area contributed by atoms with E-state index < -0.39 is 11.4 Å². The predicted molar refractivity (Wildman–Crippen MR) is 66.1 cm³/mol. The number of benzene rings is 1. The van der Waals surface area contributed by atoms with Crippen LogP contribution in [-0.4, -0.2) is 28.5 Å². The third-order valence-electron chi connectivity index (χ3n) is 2.16. The molecule has 4 nitrogen and oxygen atoms in total. The Hall–Kier alpha value is -1.67. The van der Waals surface area contributed by atoms with Crippen molar-refractivity contribution in [1.29, 1.82) is 5.26 Å². The molecule has 0 aromatic heterocycles. The van der Waals surface area contributed by atoms with Gasteiger partial charge in [0.15, 0.2) is 17.1 Å². The molecular formula is C12H13NO3S. The number of phenolic OH excluding ortho intramolecular Hbond substituents is 1. The lowest BCUT2D eigenvalue weighted by Gasteiger charge is -2.15. The summed E-state index contributed by atoms with van der Waals surface area (Å²) in [4.78, 5) is 11.8. The van der Waals surface area contributed by atoms with E-state index in [4.69, 9.17) is 15.1 Å². The molecule has 2 unspecified atom stereocenters. The van der Waals surface area contributed by atoms with E-state index in [1.165, 1.54) is 23.9 Å². The van der Waals surface area contributed by atoms with Crippen molar-refractivity contribution in [2.24, 2.45) is 0 Å². The van der Waals surface area contributed by atoms with E-state index in [1.54, 1.807) is 25.3 Å². The van der Waals surface area contributed by atoms with Gasteiger partial charge in [-0.05, 0) is 37.4 Å². The van der Waals surface area contributed by atoms with Crippen LogP contribution in [0.25, 0.3) is 0 Å². The number of hydrogen-bond acceptors (Lipinski definition) is 5. The second-order valence-corrected chi connectivity index (χ2v) is 4.34. The molecule has 1 rings (SSSR count). The van der Waals surface area contributed by atoms with Crippen LogP contribution in [0, 0.1) is 11.3 Å². The number of aromatic hydroxyl groups is 1. The van der Waals surface area contributed by atoms with E-state index in [9.17, 15) is 4.79 Å². The van der Waals surface area contributed by atoms with Gasteiger partial charge >= 0.3 is 0 Å². The smallest absolute Gasteiger partial charge is 0.200 e. The first-order valence-corrected chi connectivity index (χ1v) is 6.29. The number of carbonyl (C=O) groups is 1. The molecule has 5 heteroatoms. The average molecular weight is 251 g/mol. The molecular weight excluding hydrogens is 238 g/mol. The summed E-state index contributed by atoms with van der Waals surface area (Å²) in [6.45, 7) is 1.61. The Morgan fingerprint density at radius 1 is 1.47 bits per heavy atom. The van der Waals surface area contributed by atoms with Crippen molar-refractivity contribution < 1.29 is 14.6 Å². The maximum atomic E-state index is 11.8. The quantitative estimate of drug-likeness (QED) is 0.866. The summed E-state index contributed by atoms with van der Waals surface area (Å²) in [5.74, 6) is 0.366. The van der Waals surface area contributed by atoms with E-state index in [-0.39, 0.29) is 11.5 Å². The van der Waals surface area contributed by atoms with Crippen molar-refractivity contribution in [3.8, 4) is 17.6 Å². The van der Waals surface area contributed by atoms with Gasteiger partial charge in [0.05, 0.1) is 6.07 Å². The van der Waals surface area contributed by atoms with Gasteiger partial charge < -0.3 is 9.84 Å². The van der Waals surface area contributed by atoms with Crippen LogP contribution < -0.4 is 4.74 Å². The maximum Gasteiger partial charge on any atom is 0.200 e. The van der Waals surface area contributed by atoms with Gasteiger partial charge in [-0.1, -0.05) is 0 Å². The molecule has 1 aromatic rings. The van der Waals surface area contributed by atoms with Gasteiger partial charge in [-0.2, -0.15) is 5.26 Å². The second kappa shape index (κ2) is 6.16. The Bertz CT molecular complexity index is 424. The topological polar surface area (TPSA) is 70.3 Å². The Labute approximate surface area is 104 Å². The summed E-state index contributed by atoms with van der Waals surface area (Å²) in [6, 6.07) is 8.01. The second-order valence-electron chi connectivity index (χ2n) is 3.40. The summed E-state index contributed by atoms with van der Waals surface area (Å²) in [6.07, 6.45) is 1.02. The third kappa shape index (κ3) is 3.68. The van der Waals surface area contributed by atoms with Crippen molar-refractivity contribution in [3.05, 3.63) is 24.3 Å². The van der Waals surface area contributed by atoms with Crippen molar-refractivity contribution in [1.82, 2.24) is 0 Å². The van der Waals surface area contributed by atoms with Gasteiger partial charge in [0, 0.05) is 0 Å². The van der Waals surface area contributed by atoms with Crippen LogP contribution in [0.15, 0.2) is 24.3 Å². The minimum Gasteiger partial charge on any atom is -0.508 e. The van der Waals surface area contributed by atoms with E-state index in [0.717, 1.165) is 0 Å². The molecule has 0 saturated carbocycles. The number of thioether (sulfide) groups is 1. The molecule has 0 bridgehead atoms. The molecule has 0 saturated heterocycles. The van der Waals surface area contributed by atoms with Crippen LogP contribution in [0.2, 0.25) is 0 Å². The number of Topliss-reactive ketones (excluding diaryl/α,β-unsaturated/α-hetero) is 1. The predicted octanol–water partition coefficient (Wildman–Crippen LogP) is 1.98. The zero-order valence-corrected chi connectivity index (χ0v) is 10.4. The lowest BCUT2D eigenvalue weighted by molar-refractivity contribution is -0.123. The Morgan fingerprint density at radius 3 is 2.53 bits per heavy atom. The van der Waals surface area contributed by atoms with Crippen molar-refractivity contribution in [3.63, 3.8) is 0 Å². The highest BCUT2D eigenvalue weighted by Gasteiger charge is 2.24. The zero-order valence-electron chi connectivity index (χ0n) is 9.58. The molecule has 0 spiro atoms. The first kappa shape index (κ1) is 13.4. The summed E-state index contributed by atoms with van der Waals surface area (Å²) in [5, 5.41) is 17.2. The van der Waals surface area contributed by atoms with Crippen molar-refractivity contribution in [2.75, 3.05) is 6.26 Å². The van der Waals surface area contributed by atoms with E-state index in [0.29, 0.717) is 5.75 Å². The lowest BCUT2D eigenvalue weighted by atomic mass is 10.2. The summed E-state index contributed by atoms with van der Waals surface area (Å²) in [5.41, 5.74) is 0. The number of nitriles is 1. The van der Waals surface area contributed by atoms with Crippen LogP contribution in [0.5, 0.6) is 11.5 Å². The fourth-order valence-electron chi connectivity index (χ4n) is 1.23. The molecule has 1 N–H and O–H groups in total. The molecule has 0 aliphatic carbocycles. The van der Waals surface area contributed by atoms with E-state index >= 15 is 0 Å².